The van der Waals surface area contributed by atoms with Crippen LogP contribution in [-0.2, 0) is 9.53 Å². The smallest absolute Gasteiger partial charge is 0.333 e. The van der Waals surface area contributed by atoms with Crippen LogP contribution in [0.3, 0.4) is 0 Å². The van der Waals surface area contributed by atoms with Crippen molar-refractivity contribution in [2.45, 2.75) is 25.0 Å². The van der Waals surface area contributed by atoms with E-state index < -0.39 is 5.97 Å². The Kier molecular flexibility index (Phi) is 2.21. The second-order valence-corrected chi connectivity index (χ2v) is 4.57. The molecule has 0 bridgehead atoms. The summed E-state index contributed by atoms with van der Waals surface area (Å²) in [6.45, 7) is 0. The van der Waals surface area contributed by atoms with E-state index in [0.717, 1.165) is 12.8 Å². The third-order valence-corrected chi connectivity index (χ3v) is 3.73. The highest BCUT2D eigenvalue weighted by Crippen LogP contribution is 2.44. The van der Waals surface area contributed by atoms with Crippen LogP contribution in [0.1, 0.15) is 12.8 Å². The molecular weight excluding hydrogens is 204 g/mol. The van der Waals surface area contributed by atoms with Crippen LogP contribution in [0.4, 0.5) is 0 Å². The van der Waals surface area contributed by atoms with Crippen LogP contribution in [-0.4, -0.2) is 23.3 Å². The van der Waals surface area contributed by atoms with Crippen molar-refractivity contribution in [2.75, 3.05) is 0 Å². The van der Waals surface area contributed by atoms with Gasteiger partial charge in [-0.15, -0.1) is 0 Å². The van der Waals surface area contributed by atoms with Gasteiger partial charge in [-0.05, 0) is 18.8 Å². The molecule has 2 aliphatic carbocycles. The molecule has 84 valence electrons. The van der Waals surface area contributed by atoms with Crippen LogP contribution >= 0.6 is 0 Å². The van der Waals surface area contributed by atoms with E-state index in [1.165, 1.54) is 0 Å². The minimum atomic E-state index is -0.832. The summed E-state index contributed by atoms with van der Waals surface area (Å²) in [7, 11) is 0. The first-order valence-electron chi connectivity index (χ1n) is 5.71. The molecular formula is C13H14O3. The first-order chi connectivity index (χ1) is 7.77. The summed E-state index contributed by atoms with van der Waals surface area (Å²) in [4.78, 5) is 11.1. The highest BCUT2D eigenvalue weighted by atomic mass is 16.5. The average Bonchev–Trinajstić information content (AvgIpc) is 2.67. The molecule has 3 nitrogen and oxygen atoms in total. The molecule has 0 radical (unpaired) electrons. The van der Waals surface area contributed by atoms with Crippen LogP contribution < -0.4 is 0 Å². The maximum Gasteiger partial charge on any atom is 0.333 e. The van der Waals surface area contributed by atoms with Crippen molar-refractivity contribution in [3.05, 3.63) is 36.0 Å². The van der Waals surface area contributed by atoms with Gasteiger partial charge in [0.2, 0.25) is 0 Å². The standard InChI is InChI=1S/C13H14O3/c14-13(15)10-6-3-5-9-8-4-1-2-7-11(8)16-12(9)10/h1-2,4,6-9,11-12H,3,5H2,(H,14,15)/t8-,9?,11?,12?/m0/s1. The van der Waals surface area contributed by atoms with Gasteiger partial charge in [0.25, 0.3) is 0 Å². The van der Waals surface area contributed by atoms with E-state index in [1.807, 2.05) is 24.3 Å². The molecule has 3 rings (SSSR count). The van der Waals surface area contributed by atoms with E-state index in [1.54, 1.807) is 0 Å². The molecule has 0 saturated carbocycles. The number of carboxylic acids is 1. The Morgan fingerprint density at radius 2 is 2.19 bits per heavy atom. The van der Waals surface area contributed by atoms with Crippen LogP contribution in [0.2, 0.25) is 0 Å². The summed E-state index contributed by atoms with van der Waals surface area (Å²) < 4.78 is 5.86. The highest BCUT2D eigenvalue weighted by Gasteiger charge is 2.46. The second kappa shape index (κ2) is 3.59. The third-order valence-electron chi connectivity index (χ3n) is 3.73. The lowest BCUT2D eigenvalue weighted by Gasteiger charge is -2.25. The topological polar surface area (TPSA) is 46.5 Å². The van der Waals surface area contributed by atoms with Crippen LogP contribution in [0, 0.1) is 11.8 Å². The number of aliphatic carboxylic acids is 1. The minimum absolute atomic E-state index is 0.0702. The number of carboxylic acid groups (broad SMARTS) is 1. The first-order valence-corrected chi connectivity index (χ1v) is 5.71. The molecule has 3 heteroatoms. The number of ether oxygens (including phenoxy) is 1. The molecule has 1 N–H and O–H groups in total. The SMILES string of the molecule is O=C(O)C1=CCCC2C1OC1C=CC=C[C@H]12. The van der Waals surface area contributed by atoms with E-state index in [0.29, 0.717) is 17.4 Å². The fraction of sp³-hybridized carbons (Fsp3) is 0.462. The van der Waals surface area contributed by atoms with Gasteiger partial charge in [-0.3, -0.25) is 0 Å². The van der Waals surface area contributed by atoms with E-state index in [-0.39, 0.29) is 12.2 Å². The number of fused-ring (bicyclic) bond motifs is 3. The predicted molar refractivity (Wildman–Crippen MR) is 58.9 cm³/mol. The highest BCUT2D eigenvalue weighted by molar-refractivity contribution is 5.88. The van der Waals surface area contributed by atoms with Gasteiger partial charge in [-0.25, -0.2) is 4.79 Å². The van der Waals surface area contributed by atoms with Crippen molar-refractivity contribution in [3.63, 3.8) is 0 Å². The molecule has 0 aromatic rings. The molecule has 0 spiro atoms. The average molecular weight is 218 g/mol. The van der Waals surface area contributed by atoms with Crippen molar-refractivity contribution in [1.29, 1.82) is 0 Å². The van der Waals surface area contributed by atoms with E-state index in [2.05, 4.69) is 6.08 Å². The Balaban J connectivity index is 1.92. The lowest BCUT2D eigenvalue weighted by atomic mass is 9.77. The molecule has 4 atom stereocenters. The minimum Gasteiger partial charge on any atom is -0.478 e. The van der Waals surface area contributed by atoms with Crippen molar-refractivity contribution in [2.24, 2.45) is 11.8 Å². The van der Waals surface area contributed by atoms with E-state index in [4.69, 9.17) is 9.84 Å². The first kappa shape index (κ1) is 9.85. The van der Waals surface area contributed by atoms with Crippen LogP contribution in [0.25, 0.3) is 0 Å². The van der Waals surface area contributed by atoms with Crippen molar-refractivity contribution in [3.8, 4) is 0 Å². The molecule has 1 heterocycles. The van der Waals surface area contributed by atoms with Gasteiger partial charge in [-0.1, -0.05) is 30.4 Å². The fourth-order valence-electron chi connectivity index (χ4n) is 3.00. The Hall–Kier alpha value is -1.35. The number of carbonyl (C=O) groups is 1. The van der Waals surface area contributed by atoms with Gasteiger partial charge in [0.05, 0.1) is 17.8 Å². The number of allylic oxidation sites excluding steroid dienone is 3. The van der Waals surface area contributed by atoms with Crippen LogP contribution in [0.5, 0.6) is 0 Å². The summed E-state index contributed by atoms with van der Waals surface area (Å²) in [5.74, 6) is -0.137. The molecule has 1 aliphatic heterocycles. The van der Waals surface area contributed by atoms with Gasteiger partial charge in [0, 0.05) is 5.92 Å². The number of hydrogen-bond donors (Lipinski definition) is 1. The molecule has 16 heavy (non-hydrogen) atoms. The zero-order valence-electron chi connectivity index (χ0n) is 8.87. The number of rotatable bonds is 1. The normalized spacial score (nSPS) is 40.1. The zero-order valence-corrected chi connectivity index (χ0v) is 8.87. The maximum absolute atomic E-state index is 11.1. The summed E-state index contributed by atoms with van der Waals surface area (Å²) in [5.41, 5.74) is 0.451. The molecule has 1 fully saturated rings. The van der Waals surface area contributed by atoms with E-state index >= 15 is 0 Å². The van der Waals surface area contributed by atoms with Crippen LogP contribution in [0.15, 0.2) is 36.0 Å². The summed E-state index contributed by atoms with van der Waals surface area (Å²) in [6, 6.07) is 0. The largest absolute Gasteiger partial charge is 0.478 e. The van der Waals surface area contributed by atoms with E-state index in [9.17, 15) is 4.79 Å². The van der Waals surface area contributed by atoms with Crippen molar-refractivity contribution in [1.82, 2.24) is 0 Å². The monoisotopic (exact) mass is 218 g/mol. The molecule has 1 saturated heterocycles. The molecule has 0 amide bonds. The van der Waals surface area contributed by atoms with Gasteiger partial charge in [-0.2, -0.15) is 0 Å². The molecule has 3 aliphatic rings. The zero-order chi connectivity index (χ0) is 11.1. The van der Waals surface area contributed by atoms with Gasteiger partial charge in [0.1, 0.15) is 0 Å². The van der Waals surface area contributed by atoms with Crippen molar-refractivity contribution < 1.29 is 14.6 Å². The Morgan fingerprint density at radius 1 is 1.38 bits per heavy atom. The molecule has 0 aromatic heterocycles. The predicted octanol–water partition coefficient (Wildman–Crippen LogP) is 1.92. The van der Waals surface area contributed by atoms with Gasteiger partial charge in [0.15, 0.2) is 0 Å². The lowest BCUT2D eigenvalue weighted by molar-refractivity contribution is -0.134. The molecule has 0 aromatic carbocycles. The quantitative estimate of drug-likeness (QED) is 0.731. The maximum atomic E-state index is 11.1. The Morgan fingerprint density at radius 3 is 3.00 bits per heavy atom. The summed E-state index contributed by atoms with van der Waals surface area (Å²) >= 11 is 0. The molecule has 3 unspecified atom stereocenters. The Bertz CT molecular complexity index is 405. The fourth-order valence-corrected chi connectivity index (χ4v) is 3.00. The second-order valence-electron chi connectivity index (χ2n) is 4.57. The van der Waals surface area contributed by atoms with Gasteiger partial charge < -0.3 is 9.84 Å². The lowest BCUT2D eigenvalue weighted by Crippen LogP contribution is -2.28. The third kappa shape index (κ3) is 1.35. The summed E-state index contributed by atoms with van der Waals surface area (Å²) in [6.07, 6.45) is 11.7. The number of hydrogen-bond acceptors (Lipinski definition) is 2. The summed E-state index contributed by atoms with van der Waals surface area (Å²) in [5, 5.41) is 9.13. The Labute approximate surface area is 94.1 Å². The van der Waals surface area contributed by atoms with Crippen molar-refractivity contribution >= 4 is 5.97 Å². The van der Waals surface area contributed by atoms with Gasteiger partial charge >= 0.3 is 5.97 Å².